The molecule has 0 spiro atoms. The van der Waals surface area contributed by atoms with Crippen molar-refractivity contribution in [2.45, 2.75) is 13.8 Å². The number of carbonyl (C=O) groups is 2. The highest BCUT2D eigenvalue weighted by molar-refractivity contribution is 5.95. The van der Waals surface area contributed by atoms with E-state index in [1.54, 1.807) is 12.1 Å². The molecule has 0 saturated carbocycles. The van der Waals surface area contributed by atoms with Gasteiger partial charge in [-0.1, -0.05) is 6.07 Å². The lowest BCUT2D eigenvalue weighted by atomic mass is 10.1. The summed E-state index contributed by atoms with van der Waals surface area (Å²) in [5.74, 6) is -1.41. The Morgan fingerprint density at radius 3 is 2.47 bits per heavy atom. The van der Waals surface area contributed by atoms with Crippen LogP contribution in [0, 0.1) is 13.8 Å². The fraction of sp³-hybridized carbons (Fsp3) is 0.273. The molecule has 4 nitrogen and oxygen atoms in total. The van der Waals surface area contributed by atoms with Gasteiger partial charge in [-0.2, -0.15) is 0 Å². The number of aryl methyl sites for hydroxylation is 2. The maximum absolute atomic E-state index is 11.4. The molecule has 0 radical (unpaired) electrons. The van der Waals surface area contributed by atoms with Crippen LogP contribution in [0.3, 0.4) is 0 Å². The van der Waals surface area contributed by atoms with E-state index in [-0.39, 0.29) is 12.5 Å². The van der Waals surface area contributed by atoms with Gasteiger partial charge in [0.2, 0.25) is 0 Å². The number of benzene rings is 1. The number of amides is 1. The van der Waals surface area contributed by atoms with Gasteiger partial charge in [0, 0.05) is 5.56 Å². The molecule has 2 N–H and O–H groups in total. The van der Waals surface area contributed by atoms with Crippen molar-refractivity contribution in [3.05, 3.63) is 34.9 Å². The molecule has 0 aliphatic carbocycles. The highest BCUT2D eigenvalue weighted by atomic mass is 16.4. The summed E-state index contributed by atoms with van der Waals surface area (Å²) in [6.07, 6.45) is 0. The van der Waals surface area contributed by atoms with E-state index in [1.807, 2.05) is 19.9 Å². The first kappa shape index (κ1) is 11.2. The van der Waals surface area contributed by atoms with E-state index >= 15 is 0 Å². The van der Waals surface area contributed by atoms with Crippen molar-refractivity contribution in [3.8, 4) is 0 Å². The Hall–Kier alpha value is -1.84. The Bertz CT molecular complexity index is 399. The van der Waals surface area contributed by atoms with E-state index in [2.05, 4.69) is 5.32 Å². The summed E-state index contributed by atoms with van der Waals surface area (Å²) in [5.41, 5.74) is 2.60. The highest BCUT2D eigenvalue weighted by Crippen LogP contribution is 2.09. The summed E-state index contributed by atoms with van der Waals surface area (Å²) in [6.45, 7) is 3.50. The van der Waals surface area contributed by atoms with Crippen LogP contribution < -0.4 is 5.32 Å². The van der Waals surface area contributed by atoms with E-state index in [9.17, 15) is 9.59 Å². The van der Waals surface area contributed by atoms with E-state index in [0.29, 0.717) is 5.56 Å². The van der Waals surface area contributed by atoms with Gasteiger partial charge < -0.3 is 10.4 Å². The highest BCUT2D eigenvalue weighted by Gasteiger charge is 2.07. The molecule has 1 aromatic rings. The van der Waals surface area contributed by atoms with Gasteiger partial charge in [0.05, 0.1) is 0 Å². The zero-order chi connectivity index (χ0) is 11.4. The average molecular weight is 207 g/mol. The molecule has 1 aromatic carbocycles. The van der Waals surface area contributed by atoms with Gasteiger partial charge in [-0.15, -0.1) is 0 Å². The van der Waals surface area contributed by atoms with Crippen molar-refractivity contribution in [2.75, 3.05) is 6.54 Å². The fourth-order valence-corrected chi connectivity index (χ4v) is 1.14. The third-order valence-electron chi connectivity index (χ3n) is 2.17. The smallest absolute Gasteiger partial charge is 0.322 e. The van der Waals surface area contributed by atoms with Crippen molar-refractivity contribution in [1.29, 1.82) is 0 Å². The largest absolute Gasteiger partial charge is 0.480 e. The van der Waals surface area contributed by atoms with Gasteiger partial charge in [0.25, 0.3) is 5.91 Å². The van der Waals surface area contributed by atoms with Crippen molar-refractivity contribution in [1.82, 2.24) is 5.32 Å². The fourth-order valence-electron chi connectivity index (χ4n) is 1.14. The van der Waals surface area contributed by atoms with Crippen LogP contribution in [-0.4, -0.2) is 23.5 Å². The third-order valence-corrected chi connectivity index (χ3v) is 2.17. The van der Waals surface area contributed by atoms with E-state index in [0.717, 1.165) is 11.1 Å². The van der Waals surface area contributed by atoms with E-state index in [4.69, 9.17) is 5.11 Å². The molecule has 1 amide bonds. The summed E-state index contributed by atoms with van der Waals surface area (Å²) in [5, 5.41) is 10.7. The van der Waals surface area contributed by atoms with E-state index < -0.39 is 5.97 Å². The van der Waals surface area contributed by atoms with E-state index in [1.165, 1.54) is 0 Å². The predicted molar refractivity (Wildman–Crippen MR) is 55.9 cm³/mol. The quantitative estimate of drug-likeness (QED) is 0.780. The van der Waals surface area contributed by atoms with Crippen LogP contribution in [0.5, 0.6) is 0 Å². The van der Waals surface area contributed by atoms with Gasteiger partial charge in [-0.25, -0.2) is 0 Å². The van der Waals surface area contributed by atoms with Gasteiger partial charge in [0.1, 0.15) is 6.54 Å². The monoisotopic (exact) mass is 207 g/mol. The first-order valence-electron chi connectivity index (χ1n) is 4.58. The molecule has 0 bridgehead atoms. The Morgan fingerprint density at radius 2 is 1.93 bits per heavy atom. The standard InChI is InChI=1S/C11H13NO3/c1-7-3-4-9(5-8(7)2)11(15)12-6-10(13)14/h3-5H,6H2,1-2H3,(H,12,15)(H,13,14). The lowest BCUT2D eigenvalue weighted by molar-refractivity contribution is -0.135. The minimum atomic E-state index is -1.05. The summed E-state index contributed by atoms with van der Waals surface area (Å²) in [6, 6.07) is 5.26. The predicted octanol–water partition coefficient (Wildman–Crippen LogP) is 1.12. The van der Waals surface area contributed by atoms with Gasteiger partial charge in [0.15, 0.2) is 0 Å². The SMILES string of the molecule is Cc1ccc(C(=O)NCC(=O)O)cc1C. The van der Waals surface area contributed by atoms with Crippen LogP contribution in [0.2, 0.25) is 0 Å². The van der Waals surface area contributed by atoms with Crippen LogP contribution in [0.4, 0.5) is 0 Å². The van der Waals surface area contributed by atoms with Crippen LogP contribution in [0.15, 0.2) is 18.2 Å². The maximum Gasteiger partial charge on any atom is 0.322 e. The van der Waals surface area contributed by atoms with Crippen molar-refractivity contribution in [3.63, 3.8) is 0 Å². The molecule has 0 aliphatic heterocycles. The molecule has 4 heteroatoms. The molecule has 0 heterocycles. The van der Waals surface area contributed by atoms with Crippen LogP contribution >= 0.6 is 0 Å². The second-order valence-electron chi connectivity index (χ2n) is 3.38. The number of rotatable bonds is 3. The average Bonchev–Trinajstić information content (AvgIpc) is 2.18. The number of aliphatic carboxylic acids is 1. The minimum absolute atomic E-state index is 0.355. The first-order valence-corrected chi connectivity index (χ1v) is 4.58. The molecule has 0 unspecified atom stereocenters. The maximum atomic E-state index is 11.4. The van der Waals surface area contributed by atoms with Crippen LogP contribution in [-0.2, 0) is 4.79 Å². The Balaban J connectivity index is 2.74. The lowest BCUT2D eigenvalue weighted by Gasteiger charge is -2.05. The number of nitrogens with one attached hydrogen (secondary N) is 1. The number of carboxylic acid groups (broad SMARTS) is 1. The molecule has 0 saturated heterocycles. The second-order valence-corrected chi connectivity index (χ2v) is 3.38. The Kier molecular flexibility index (Phi) is 3.44. The number of carbonyl (C=O) groups excluding carboxylic acids is 1. The number of hydrogen-bond donors (Lipinski definition) is 2. The third kappa shape index (κ3) is 3.09. The summed E-state index contributed by atoms with van der Waals surface area (Å²) in [4.78, 5) is 21.7. The summed E-state index contributed by atoms with van der Waals surface area (Å²) < 4.78 is 0. The molecule has 0 atom stereocenters. The molecule has 0 aromatic heterocycles. The zero-order valence-corrected chi connectivity index (χ0v) is 8.70. The summed E-state index contributed by atoms with van der Waals surface area (Å²) in [7, 11) is 0. The van der Waals surface area contributed by atoms with Gasteiger partial charge in [-0.3, -0.25) is 9.59 Å². The van der Waals surface area contributed by atoms with Crippen LogP contribution in [0.25, 0.3) is 0 Å². The Morgan fingerprint density at radius 1 is 1.27 bits per heavy atom. The first-order chi connectivity index (χ1) is 7.00. The molecular weight excluding hydrogens is 194 g/mol. The molecule has 80 valence electrons. The lowest BCUT2D eigenvalue weighted by Crippen LogP contribution is -2.29. The Labute approximate surface area is 87.9 Å². The normalized spacial score (nSPS) is 9.73. The van der Waals surface area contributed by atoms with Crippen LogP contribution in [0.1, 0.15) is 21.5 Å². The summed E-state index contributed by atoms with van der Waals surface area (Å²) >= 11 is 0. The second kappa shape index (κ2) is 4.59. The number of hydrogen-bond acceptors (Lipinski definition) is 2. The van der Waals surface area contributed by atoms with Gasteiger partial charge in [-0.05, 0) is 37.1 Å². The molecule has 15 heavy (non-hydrogen) atoms. The minimum Gasteiger partial charge on any atom is -0.480 e. The van der Waals surface area contributed by atoms with Crippen molar-refractivity contribution in [2.24, 2.45) is 0 Å². The molecule has 0 fully saturated rings. The molecule has 0 aliphatic rings. The topological polar surface area (TPSA) is 66.4 Å². The number of carboxylic acids is 1. The molecule has 1 rings (SSSR count). The van der Waals surface area contributed by atoms with Crippen molar-refractivity contribution < 1.29 is 14.7 Å². The zero-order valence-electron chi connectivity index (χ0n) is 8.70. The van der Waals surface area contributed by atoms with Crippen molar-refractivity contribution >= 4 is 11.9 Å². The van der Waals surface area contributed by atoms with Gasteiger partial charge >= 0.3 is 5.97 Å². The molecular formula is C11H13NO3.